The molecule has 4 heteroatoms. The molecule has 11 aromatic carbocycles. The maximum Gasteiger partial charge on any atom is 0.143 e. The minimum Gasteiger partial charge on any atom is -0.456 e. The van der Waals surface area contributed by atoms with Gasteiger partial charge in [-0.05, 0) is 106 Å². The molecule has 2 heterocycles. The molecule has 0 amide bonds. The Hall–Kier alpha value is -8.86. The SMILES string of the molecule is c1ccc(N(c2ccc3oc4ccccc4c3c2)c2cccc(-c3ccccc3-c3cc4c5ccc6ccccc6c5oc4c4ccccc34)c2N(c2ccccc2)c2ccccc2)cc1. The van der Waals surface area contributed by atoms with Gasteiger partial charge in [0.15, 0.2) is 0 Å². The fourth-order valence-corrected chi connectivity index (χ4v) is 10.1. The maximum atomic E-state index is 6.89. The van der Waals surface area contributed by atoms with Crippen LogP contribution in [0.15, 0.2) is 251 Å². The Morgan fingerprint density at radius 2 is 0.788 bits per heavy atom. The van der Waals surface area contributed by atoms with Gasteiger partial charge in [-0.15, -0.1) is 0 Å². The first kappa shape index (κ1) is 37.7. The van der Waals surface area contributed by atoms with Gasteiger partial charge in [-0.25, -0.2) is 0 Å². The highest BCUT2D eigenvalue weighted by atomic mass is 16.3. The van der Waals surface area contributed by atoms with Crippen molar-refractivity contribution in [2.24, 2.45) is 0 Å². The van der Waals surface area contributed by atoms with Crippen LogP contribution in [-0.4, -0.2) is 0 Å². The zero-order chi connectivity index (χ0) is 43.6. The zero-order valence-electron chi connectivity index (χ0n) is 35.8. The van der Waals surface area contributed by atoms with Crippen LogP contribution in [0.3, 0.4) is 0 Å². The van der Waals surface area contributed by atoms with Crippen molar-refractivity contribution in [3.05, 3.63) is 243 Å². The number of anilines is 6. The molecule has 0 saturated carbocycles. The van der Waals surface area contributed by atoms with E-state index in [1.165, 1.54) is 0 Å². The Labute approximate surface area is 381 Å². The smallest absolute Gasteiger partial charge is 0.143 e. The van der Waals surface area contributed by atoms with Crippen LogP contribution in [0.2, 0.25) is 0 Å². The largest absolute Gasteiger partial charge is 0.456 e. The third kappa shape index (κ3) is 6.07. The minimum absolute atomic E-state index is 0.855. The highest BCUT2D eigenvalue weighted by Gasteiger charge is 2.28. The number of furan rings is 2. The van der Waals surface area contributed by atoms with E-state index in [2.05, 4.69) is 240 Å². The van der Waals surface area contributed by atoms with Crippen LogP contribution < -0.4 is 9.80 Å². The number of nitrogens with zero attached hydrogens (tertiary/aromatic N) is 2. The van der Waals surface area contributed by atoms with Crippen molar-refractivity contribution in [3.8, 4) is 22.3 Å². The summed E-state index contributed by atoms with van der Waals surface area (Å²) < 4.78 is 13.3. The topological polar surface area (TPSA) is 32.8 Å². The summed E-state index contributed by atoms with van der Waals surface area (Å²) in [7, 11) is 0. The van der Waals surface area contributed by atoms with Crippen LogP contribution in [0.5, 0.6) is 0 Å². The van der Waals surface area contributed by atoms with Gasteiger partial charge in [0.25, 0.3) is 0 Å². The van der Waals surface area contributed by atoms with Crippen LogP contribution in [0, 0.1) is 0 Å². The molecular formula is C62H40N2O2. The average molecular weight is 845 g/mol. The number of hydrogen-bond donors (Lipinski definition) is 0. The molecule has 2 aromatic heterocycles. The predicted molar refractivity (Wildman–Crippen MR) is 276 cm³/mol. The molecule has 0 aliphatic rings. The van der Waals surface area contributed by atoms with Crippen LogP contribution in [-0.2, 0) is 0 Å². The number of hydrogen-bond acceptors (Lipinski definition) is 4. The van der Waals surface area contributed by atoms with Gasteiger partial charge in [-0.3, -0.25) is 0 Å². The fraction of sp³-hybridized carbons (Fsp3) is 0. The van der Waals surface area contributed by atoms with Crippen molar-refractivity contribution in [2.45, 2.75) is 0 Å². The standard InChI is InChI=1S/C62H40N2O2/c1-4-20-42(21-5-1)63(45-36-38-59-55(39-45)50-30-16-17-34-58(50)65-59)57-33-18-32-51(60(57)64(43-22-6-2-7-23-43)44-24-8-3-9-25-44)47-27-12-13-28-48(47)54-40-56-53-37-35-41-19-10-11-26-46(41)61(53)66-62(56)52-31-15-14-29-49(52)54/h1-40H. The van der Waals surface area contributed by atoms with Crippen LogP contribution in [0.4, 0.5) is 34.1 Å². The van der Waals surface area contributed by atoms with Crippen molar-refractivity contribution < 1.29 is 8.83 Å². The molecule has 0 atom stereocenters. The lowest BCUT2D eigenvalue weighted by atomic mass is 9.88. The summed E-state index contributed by atoms with van der Waals surface area (Å²) in [6.45, 7) is 0. The number of fused-ring (bicyclic) bond motifs is 10. The first-order valence-electron chi connectivity index (χ1n) is 22.4. The van der Waals surface area contributed by atoms with Gasteiger partial charge in [-0.2, -0.15) is 0 Å². The third-order valence-corrected chi connectivity index (χ3v) is 13.0. The van der Waals surface area contributed by atoms with E-state index in [0.717, 1.165) is 122 Å². The molecule has 0 spiro atoms. The minimum atomic E-state index is 0.855. The molecule has 0 radical (unpaired) electrons. The Kier molecular flexibility index (Phi) is 8.81. The maximum absolute atomic E-state index is 6.89. The fourth-order valence-electron chi connectivity index (χ4n) is 10.1. The van der Waals surface area contributed by atoms with Gasteiger partial charge in [0.2, 0.25) is 0 Å². The van der Waals surface area contributed by atoms with Crippen molar-refractivity contribution in [2.75, 3.05) is 9.80 Å². The van der Waals surface area contributed by atoms with E-state index < -0.39 is 0 Å². The molecule has 66 heavy (non-hydrogen) atoms. The molecule has 4 nitrogen and oxygen atoms in total. The molecule has 0 unspecified atom stereocenters. The van der Waals surface area contributed by atoms with Gasteiger partial charge in [-0.1, -0.05) is 164 Å². The summed E-state index contributed by atoms with van der Waals surface area (Å²) in [5.41, 5.74) is 14.2. The Morgan fingerprint density at radius 3 is 1.52 bits per heavy atom. The summed E-state index contributed by atoms with van der Waals surface area (Å²) in [5, 5.41) is 8.85. The monoisotopic (exact) mass is 844 g/mol. The number of para-hydroxylation sites is 5. The summed E-state index contributed by atoms with van der Waals surface area (Å²) in [4.78, 5) is 4.81. The van der Waals surface area contributed by atoms with Gasteiger partial charge in [0.05, 0.1) is 11.4 Å². The quantitative estimate of drug-likeness (QED) is 0.153. The van der Waals surface area contributed by atoms with Crippen molar-refractivity contribution >= 4 is 99.5 Å². The first-order valence-corrected chi connectivity index (χ1v) is 22.4. The van der Waals surface area contributed by atoms with E-state index in [4.69, 9.17) is 8.83 Å². The highest BCUT2D eigenvalue weighted by Crippen LogP contribution is 2.53. The van der Waals surface area contributed by atoms with Crippen LogP contribution >= 0.6 is 0 Å². The van der Waals surface area contributed by atoms with Gasteiger partial charge in [0.1, 0.15) is 22.3 Å². The molecule has 13 rings (SSSR count). The Bertz CT molecular complexity index is 3910. The molecular weight excluding hydrogens is 805 g/mol. The Balaban J connectivity index is 1.12. The second kappa shape index (κ2) is 15.4. The van der Waals surface area contributed by atoms with E-state index in [9.17, 15) is 0 Å². The highest BCUT2D eigenvalue weighted by molar-refractivity contribution is 6.23. The average Bonchev–Trinajstić information content (AvgIpc) is 3.96. The molecule has 0 fully saturated rings. The van der Waals surface area contributed by atoms with Crippen molar-refractivity contribution in [3.63, 3.8) is 0 Å². The predicted octanol–water partition coefficient (Wildman–Crippen LogP) is 18.1. The van der Waals surface area contributed by atoms with E-state index in [0.29, 0.717) is 0 Å². The van der Waals surface area contributed by atoms with Crippen LogP contribution in [0.1, 0.15) is 0 Å². The van der Waals surface area contributed by atoms with Gasteiger partial charge >= 0.3 is 0 Å². The summed E-state index contributed by atoms with van der Waals surface area (Å²) >= 11 is 0. The Morgan fingerprint density at radius 1 is 0.258 bits per heavy atom. The van der Waals surface area contributed by atoms with E-state index in [-0.39, 0.29) is 0 Å². The summed E-state index contributed by atoms with van der Waals surface area (Å²) in [6, 6.07) is 86.5. The molecule has 0 saturated heterocycles. The zero-order valence-corrected chi connectivity index (χ0v) is 35.8. The van der Waals surface area contributed by atoms with Gasteiger partial charge < -0.3 is 18.6 Å². The normalized spacial score (nSPS) is 11.6. The molecule has 310 valence electrons. The second-order valence-electron chi connectivity index (χ2n) is 16.8. The number of benzene rings is 11. The third-order valence-electron chi connectivity index (χ3n) is 13.0. The lowest BCUT2D eigenvalue weighted by molar-refractivity contribution is 0.669. The van der Waals surface area contributed by atoms with E-state index in [1.54, 1.807) is 0 Å². The first-order chi connectivity index (χ1) is 32.8. The number of rotatable bonds is 8. The lowest BCUT2D eigenvalue weighted by Gasteiger charge is -2.35. The molecule has 13 aromatic rings. The summed E-state index contributed by atoms with van der Waals surface area (Å²) in [5.74, 6) is 0. The molecule has 0 aliphatic carbocycles. The molecule has 0 bridgehead atoms. The van der Waals surface area contributed by atoms with Crippen molar-refractivity contribution in [1.29, 1.82) is 0 Å². The van der Waals surface area contributed by atoms with Crippen molar-refractivity contribution in [1.82, 2.24) is 0 Å². The van der Waals surface area contributed by atoms with Crippen LogP contribution in [0.25, 0.3) is 87.7 Å². The second-order valence-corrected chi connectivity index (χ2v) is 16.8. The molecule has 0 N–H and O–H groups in total. The van der Waals surface area contributed by atoms with E-state index >= 15 is 0 Å². The summed E-state index contributed by atoms with van der Waals surface area (Å²) in [6.07, 6.45) is 0. The molecule has 0 aliphatic heterocycles. The van der Waals surface area contributed by atoms with E-state index in [1.807, 2.05) is 12.1 Å². The lowest BCUT2D eigenvalue weighted by Crippen LogP contribution is -2.18. The van der Waals surface area contributed by atoms with Gasteiger partial charge in [0, 0.05) is 60.6 Å².